The summed E-state index contributed by atoms with van der Waals surface area (Å²) in [5.74, 6) is 1.29. The molecule has 1 aliphatic carbocycles. The Morgan fingerprint density at radius 3 is 2.65 bits per heavy atom. The van der Waals surface area contributed by atoms with Crippen molar-refractivity contribution in [1.82, 2.24) is 15.0 Å². The van der Waals surface area contributed by atoms with E-state index in [1.165, 1.54) is 6.42 Å². The van der Waals surface area contributed by atoms with Crippen LogP contribution in [0.25, 0.3) is 11.1 Å². The van der Waals surface area contributed by atoms with Gasteiger partial charge in [-0.3, -0.25) is 0 Å². The zero-order valence-corrected chi connectivity index (χ0v) is 14.6. The topological polar surface area (TPSA) is 110 Å². The molecular formula is C19H22N6O. The number of hydrogen-bond acceptors (Lipinski definition) is 7. The van der Waals surface area contributed by atoms with E-state index in [9.17, 15) is 5.26 Å². The number of nitrogens with one attached hydrogen (secondary N) is 1. The molecule has 134 valence electrons. The number of anilines is 2. The van der Waals surface area contributed by atoms with E-state index in [0.717, 1.165) is 49.1 Å². The first-order valence-corrected chi connectivity index (χ1v) is 9.13. The second-order valence-electron chi connectivity index (χ2n) is 6.91. The van der Waals surface area contributed by atoms with Crippen LogP contribution in [-0.4, -0.2) is 34.2 Å². The van der Waals surface area contributed by atoms with Crippen LogP contribution in [0.2, 0.25) is 0 Å². The van der Waals surface area contributed by atoms with Gasteiger partial charge in [-0.05, 0) is 31.7 Å². The van der Waals surface area contributed by atoms with Crippen LogP contribution in [0.3, 0.4) is 0 Å². The van der Waals surface area contributed by atoms with E-state index < -0.39 is 0 Å². The molecule has 4 rings (SSSR count). The molecule has 2 fully saturated rings. The molecule has 0 aromatic carbocycles. The summed E-state index contributed by atoms with van der Waals surface area (Å²) in [6.07, 6.45) is 9.33. The maximum Gasteiger partial charge on any atom is 0.222 e. The monoisotopic (exact) mass is 350 g/mol. The smallest absolute Gasteiger partial charge is 0.222 e. The Balaban J connectivity index is 1.56. The Labute approximate surface area is 152 Å². The molecule has 7 heteroatoms. The number of nitrogens with two attached hydrogens (primary N) is 1. The fourth-order valence-electron chi connectivity index (χ4n) is 3.41. The number of nitriles is 1. The summed E-state index contributed by atoms with van der Waals surface area (Å²) in [5, 5.41) is 12.7. The summed E-state index contributed by atoms with van der Waals surface area (Å²) in [6, 6.07) is 4.14. The molecule has 1 unspecified atom stereocenters. The normalized spacial score (nSPS) is 19.7. The van der Waals surface area contributed by atoms with Gasteiger partial charge in [-0.2, -0.15) is 5.26 Å². The van der Waals surface area contributed by atoms with Crippen molar-refractivity contribution >= 4 is 11.8 Å². The third-order valence-electron chi connectivity index (χ3n) is 5.18. The van der Waals surface area contributed by atoms with Crippen molar-refractivity contribution in [2.75, 3.05) is 24.2 Å². The van der Waals surface area contributed by atoms with Gasteiger partial charge in [0.15, 0.2) is 0 Å². The number of rotatable bonds is 5. The first kappa shape index (κ1) is 16.7. The van der Waals surface area contributed by atoms with Crippen molar-refractivity contribution in [1.29, 1.82) is 5.26 Å². The third-order valence-corrected chi connectivity index (χ3v) is 5.18. The van der Waals surface area contributed by atoms with Gasteiger partial charge in [-0.15, -0.1) is 0 Å². The highest BCUT2D eigenvalue weighted by atomic mass is 16.5. The fourth-order valence-corrected chi connectivity index (χ4v) is 3.41. The predicted molar refractivity (Wildman–Crippen MR) is 98.4 cm³/mol. The van der Waals surface area contributed by atoms with E-state index in [0.29, 0.717) is 24.0 Å². The lowest BCUT2D eigenvalue weighted by molar-refractivity contribution is 0.120. The lowest BCUT2D eigenvalue weighted by atomic mass is 9.82. The maximum absolute atomic E-state index is 9.48. The van der Waals surface area contributed by atoms with E-state index in [1.807, 2.05) is 6.07 Å². The molecule has 0 spiro atoms. The van der Waals surface area contributed by atoms with Crippen molar-refractivity contribution in [3.8, 4) is 17.2 Å². The van der Waals surface area contributed by atoms with Crippen molar-refractivity contribution in [2.45, 2.75) is 44.1 Å². The van der Waals surface area contributed by atoms with Gasteiger partial charge in [0.05, 0.1) is 6.10 Å². The molecule has 0 bridgehead atoms. The highest BCUT2D eigenvalue weighted by molar-refractivity contribution is 5.75. The van der Waals surface area contributed by atoms with Crippen LogP contribution in [0.1, 0.15) is 49.3 Å². The highest BCUT2D eigenvalue weighted by Gasteiger charge is 2.24. The lowest BCUT2D eigenvalue weighted by Gasteiger charge is -2.25. The van der Waals surface area contributed by atoms with Gasteiger partial charge in [0.25, 0.3) is 0 Å². The van der Waals surface area contributed by atoms with Crippen LogP contribution in [-0.2, 0) is 4.74 Å². The van der Waals surface area contributed by atoms with Gasteiger partial charge in [-0.25, -0.2) is 15.0 Å². The minimum absolute atomic E-state index is 0.230. The molecule has 2 aromatic heterocycles. The zero-order chi connectivity index (χ0) is 17.9. The molecule has 1 saturated carbocycles. The van der Waals surface area contributed by atoms with Crippen LogP contribution < -0.4 is 11.1 Å². The largest absolute Gasteiger partial charge is 0.383 e. The Morgan fingerprint density at radius 2 is 2.04 bits per heavy atom. The number of aromatic nitrogens is 3. The number of pyridine rings is 1. The standard InChI is InChI=1S/C19H22N6O/c20-8-16-15(7-17(25-18(16)21)12-3-1-4-12)13-9-22-19(23-10-13)24-11-14-5-2-6-26-14/h7,9-10,12,14H,1-6,11H2,(H2,21,25)(H,22,23,24). The summed E-state index contributed by atoms with van der Waals surface area (Å²) in [6.45, 7) is 1.53. The Hall–Kier alpha value is -2.72. The maximum atomic E-state index is 9.48. The summed E-state index contributed by atoms with van der Waals surface area (Å²) < 4.78 is 5.59. The molecule has 0 amide bonds. The average molecular weight is 350 g/mol. The molecule has 2 aliphatic rings. The number of ether oxygens (including phenoxy) is 1. The molecule has 0 radical (unpaired) electrons. The second kappa shape index (κ2) is 7.26. The van der Waals surface area contributed by atoms with Crippen molar-refractivity contribution in [3.05, 3.63) is 29.7 Å². The quantitative estimate of drug-likeness (QED) is 0.853. The van der Waals surface area contributed by atoms with Gasteiger partial charge < -0.3 is 15.8 Å². The molecular weight excluding hydrogens is 328 g/mol. The molecule has 1 saturated heterocycles. The van der Waals surface area contributed by atoms with Gasteiger partial charge in [0.1, 0.15) is 17.5 Å². The first-order chi connectivity index (χ1) is 12.7. The molecule has 2 aromatic rings. The molecule has 26 heavy (non-hydrogen) atoms. The molecule has 3 heterocycles. The van der Waals surface area contributed by atoms with Gasteiger partial charge >= 0.3 is 0 Å². The van der Waals surface area contributed by atoms with Gasteiger partial charge in [-0.1, -0.05) is 6.42 Å². The SMILES string of the molecule is N#Cc1c(-c2cnc(NCC3CCCO3)nc2)cc(C2CCC2)nc1N. The molecule has 1 atom stereocenters. The molecule has 1 aliphatic heterocycles. The zero-order valence-electron chi connectivity index (χ0n) is 14.6. The lowest BCUT2D eigenvalue weighted by Crippen LogP contribution is -2.19. The molecule has 7 nitrogen and oxygen atoms in total. The van der Waals surface area contributed by atoms with Crippen LogP contribution in [0.4, 0.5) is 11.8 Å². The minimum atomic E-state index is 0.230. The van der Waals surface area contributed by atoms with E-state index in [-0.39, 0.29) is 11.9 Å². The number of nitrogens with zero attached hydrogens (tertiary/aromatic N) is 4. The first-order valence-electron chi connectivity index (χ1n) is 9.13. The summed E-state index contributed by atoms with van der Waals surface area (Å²) >= 11 is 0. The Bertz CT molecular complexity index is 819. The van der Waals surface area contributed by atoms with E-state index in [4.69, 9.17) is 10.5 Å². The van der Waals surface area contributed by atoms with Crippen LogP contribution in [0, 0.1) is 11.3 Å². The summed E-state index contributed by atoms with van der Waals surface area (Å²) in [4.78, 5) is 13.2. The average Bonchev–Trinajstić information content (AvgIpc) is 3.12. The van der Waals surface area contributed by atoms with Crippen molar-refractivity contribution < 1.29 is 4.74 Å². The minimum Gasteiger partial charge on any atom is -0.383 e. The van der Waals surface area contributed by atoms with Crippen molar-refractivity contribution in [3.63, 3.8) is 0 Å². The van der Waals surface area contributed by atoms with E-state index >= 15 is 0 Å². The highest BCUT2D eigenvalue weighted by Crippen LogP contribution is 2.38. The van der Waals surface area contributed by atoms with Gasteiger partial charge in [0, 0.05) is 48.3 Å². The fraction of sp³-hybridized carbons (Fsp3) is 0.474. The summed E-state index contributed by atoms with van der Waals surface area (Å²) in [5.41, 5.74) is 8.91. The van der Waals surface area contributed by atoms with Crippen LogP contribution in [0.5, 0.6) is 0 Å². The Morgan fingerprint density at radius 1 is 1.23 bits per heavy atom. The van der Waals surface area contributed by atoms with Crippen molar-refractivity contribution in [2.24, 2.45) is 0 Å². The van der Waals surface area contributed by atoms with E-state index in [1.54, 1.807) is 12.4 Å². The second-order valence-corrected chi connectivity index (χ2v) is 6.91. The summed E-state index contributed by atoms with van der Waals surface area (Å²) in [7, 11) is 0. The molecule has 3 N–H and O–H groups in total. The number of hydrogen-bond donors (Lipinski definition) is 2. The van der Waals surface area contributed by atoms with Crippen LogP contribution in [0.15, 0.2) is 18.5 Å². The predicted octanol–water partition coefficient (Wildman–Crippen LogP) is 2.85. The van der Waals surface area contributed by atoms with Crippen LogP contribution >= 0.6 is 0 Å². The van der Waals surface area contributed by atoms with E-state index in [2.05, 4.69) is 26.3 Å². The van der Waals surface area contributed by atoms with Gasteiger partial charge in [0.2, 0.25) is 5.95 Å². The number of nitrogen functional groups attached to an aromatic ring is 1. The Kier molecular flexibility index (Phi) is 4.67. The third kappa shape index (κ3) is 3.33.